The van der Waals surface area contributed by atoms with Crippen molar-refractivity contribution in [3.8, 4) is 6.07 Å². The highest BCUT2D eigenvalue weighted by molar-refractivity contribution is 7.91. The average Bonchev–Trinajstić information content (AvgIpc) is 2.30. The zero-order valence-corrected chi connectivity index (χ0v) is 10.7. The Morgan fingerprint density at radius 1 is 1.44 bits per heavy atom. The number of nitrogen functional groups attached to an aromatic ring is 1. The summed E-state index contributed by atoms with van der Waals surface area (Å²) in [6, 6.07) is 6.92. The second-order valence-corrected chi connectivity index (χ2v) is 6.74. The Kier molecular flexibility index (Phi) is 3.43. The Balaban J connectivity index is 2.17. The van der Waals surface area contributed by atoms with Gasteiger partial charge in [0.1, 0.15) is 6.07 Å². The van der Waals surface area contributed by atoms with Gasteiger partial charge in [0.15, 0.2) is 9.84 Å². The fraction of sp³-hybridized carbons (Fsp3) is 0.417. The SMILES string of the molecule is N#Cc1cc(N)ccc1NC1CCCS(=O)(=O)C1. The van der Waals surface area contributed by atoms with E-state index in [0.29, 0.717) is 23.4 Å². The Labute approximate surface area is 107 Å². The minimum absolute atomic E-state index is 0.125. The molecule has 0 spiro atoms. The Morgan fingerprint density at radius 3 is 2.89 bits per heavy atom. The fourth-order valence-corrected chi connectivity index (χ4v) is 3.77. The Hall–Kier alpha value is -1.74. The largest absolute Gasteiger partial charge is 0.399 e. The van der Waals surface area contributed by atoms with Crippen LogP contribution < -0.4 is 11.1 Å². The number of nitriles is 1. The zero-order chi connectivity index (χ0) is 13.2. The van der Waals surface area contributed by atoms with Crippen molar-refractivity contribution in [2.45, 2.75) is 18.9 Å². The molecule has 1 aliphatic heterocycles. The van der Waals surface area contributed by atoms with Crippen LogP contribution in [0.1, 0.15) is 18.4 Å². The van der Waals surface area contributed by atoms with E-state index < -0.39 is 9.84 Å². The predicted molar refractivity (Wildman–Crippen MR) is 70.9 cm³/mol. The number of benzene rings is 1. The van der Waals surface area contributed by atoms with Crippen molar-refractivity contribution in [3.05, 3.63) is 23.8 Å². The Morgan fingerprint density at radius 2 is 2.22 bits per heavy atom. The van der Waals surface area contributed by atoms with Gasteiger partial charge in [0.25, 0.3) is 0 Å². The third-order valence-electron chi connectivity index (χ3n) is 2.99. The maximum absolute atomic E-state index is 11.5. The molecule has 6 heteroatoms. The van der Waals surface area contributed by atoms with Gasteiger partial charge in [-0.15, -0.1) is 0 Å². The quantitative estimate of drug-likeness (QED) is 0.781. The number of hydrogen-bond donors (Lipinski definition) is 2. The average molecular weight is 265 g/mol. The number of nitrogens with zero attached hydrogens (tertiary/aromatic N) is 1. The number of anilines is 2. The number of nitrogens with one attached hydrogen (secondary N) is 1. The molecule has 2 rings (SSSR count). The van der Waals surface area contributed by atoms with Crippen molar-refractivity contribution in [3.63, 3.8) is 0 Å². The summed E-state index contributed by atoms with van der Waals surface area (Å²) in [5.41, 5.74) is 7.22. The monoisotopic (exact) mass is 265 g/mol. The molecule has 1 fully saturated rings. The van der Waals surface area contributed by atoms with Crippen LogP contribution in [0.3, 0.4) is 0 Å². The van der Waals surface area contributed by atoms with E-state index in [0.717, 1.165) is 6.42 Å². The van der Waals surface area contributed by atoms with Crippen LogP contribution in [0.4, 0.5) is 11.4 Å². The van der Waals surface area contributed by atoms with Gasteiger partial charge in [0, 0.05) is 11.7 Å². The molecule has 0 aliphatic carbocycles. The predicted octanol–water partition coefficient (Wildman–Crippen LogP) is 1.13. The minimum atomic E-state index is -2.95. The van der Waals surface area contributed by atoms with E-state index in [1.165, 1.54) is 0 Å². The summed E-state index contributed by atoms with van der Waals surface area (Å²) in [7, 11) is -2.95. The summed E-state index contributed by atoms with van der Waals surface area (Å²) in [6.45, 7) is 0. The van der Waals surface area contributed by atoms with Crippen LogP contribution in [-0.2, 0) is 9.84 Å². The molecule has 18 heavy (non-hydrogen) atoms. The summed E-state index contributed by atoms with van der Waals surface area (Å²) in [5.74, 6) is 0.389. The molecule has 0 bridgehead atoms. The number of nitrogens with two attached hydrogens (primary N) is 1. The van der Waals surface area contributed by atoms with Crippen LogP contribution in [-0.4, -0.2) is 26.0 Å². The normalized spacial score (nSPS) is 22.1. The molecule has 1 aromatic carbocycles. The standard InChI is InChI=1S/C12H15N3O2S/c13-7-9-6-10(14)3-4-12(9)15-11-2-1-5-18(16,17)8-11/h3-4,6,11,15H,1-2,5,8,14H2. The topological polar surface area (TPSA) is 96.0 Å². The lowest BCUT2D eigenvalue weighted by Crippen LogP contribution is -2.35. The second kappa shape index (κ2) is 4.86. The molecular formula is C12H15N3O2S. The molecule has 1 aliphatic rings. The van der Waals surface area contributed by atoms with Crippen molar-refractivity contribution in [2.24, 2.45) is 0 Å². The zero-order valence-electron chi connectivity index (χ0n) is 9.89. The molecule has 1 saturated heterocycles. The van der Waals surface area contributed by atoms with Gasteiger partial charge in [-0.25, -0.2) is 8.42 Å². The molecule has 0 radical (unpaired) electrons. The van der Waals surface area contributed by atoms with Crippen LogP contribution in [0.2, 0.25) is 0 Å². The van der Waals surface area contributed by atoms with E-state index in [-0.39, 0.29) is 17.5 Å². The number of hydrogen-bond acceptors (Lipinski definition) is 5. The van der Waals surface area contributed by atoms with Gasteiger partial charge in [0.05, 0.1) is 22.8 Å². The van der Waals surface area contributed by atoms with Gasteiger partial charge >= 0.3 is 0 Å². The third-order valence-corrected chi connectivity index (χ3v) is 4.81. The van der Waals surface area contributed by atoms with Gasteiger partial charge in [-0.1, -0.05) is 0 Å². The van der Waals surface area contributed by atoms with Crippen LogP contribution in [0.15, 0.2) is 18.2 Å². The fourth-order valence-electron chi connectivity index (χ4n) is 2.14. The van der Waals surface area contributed by atoms with E-state index in [1.807, 2.05) is 0 Å². The van der Waals surface area contributed by atoms with Crippen molar-refractivity contribution in [1.82, 2.24) is 0 Å². The lowest BCUT2D eigenvalue weighted by Gasteiger charge is -2.24. The first-order valence-corrected chi connectivity index (χ1v) is 7.59. The lowest BCUT2D eigenvalue weighted by molar-refractivity contribution is 0.562. The van der Waals surface area contributed by atoms with Crippen molar-refractivity contribution in [1.29, 1.82) is 5.26 Å². The highest BCUT2D eigenvalue weighted by Crippen LogP contribution is 2.22. The summed E-state index contributed by atoms with van der Waals surface area (Å²) >= 11 is 0. The minimum Gasteiger partial charge on any atom is -0.399 e. The number of sulfone groups is 1. The molecule has 1 heterocycles. The van der Waals surface area contributed by atoms with Crippen LogP contribution in [0, 0.1) is 11.3 Å². The summed E-state index contributed by atoms with van der Waals surface area (Å²) in [6.07, 6.45) is 1.46. The smallest absolute Gasteiger partial charge is 0.152 e. The molecule has 1 atom stereocenters. The maximum Gasteiger partial charge on any atom is 0.152 e. The first-order chi connectivity index (χ1) is 8.50. The summed E-state index contributed by atoms with van der Waals surface area (Å²) < 4.78 is 23.1. The molecule has 96 valence electrons. The second-order valence-electron chi connectivity index (χ2n) is 4.51. The molecule has 1 unspecified atom stereocenters. The molecule has 5 nitrogen and oxygen atoms in total. The molecular weight excluding hydrogens is 250 g/mol. The van der Waals surface area contributed by atoms with Crippen LogP contribution in [0.25, 0.3) is 0 Å². The van der Waals surface area contributed by atoms with Gasteiger partial charge in [-0.2, -0.15) is 5.26 Å². The van der Waals surface area contributed by atoms with E-state index in [2.05, 4.69) is 11.4 Å². The van der Waals surface area contributed by atoms with Crippen molar-refractivity contribution < 1.29 is 8.42 Å². The van der Waals surface area contributed by atoms with E-state index in [4.69, 9.17) is 11.0 Å². The van der Waals surface area contributed by atoms with Gasteiger partial charge in [-0.3, -0.25) is 0 Å². The van der Waals surface area contributed by atoms with Crippen LogP contribution >= 0.6 is 0 Å². The van der Waals surface area contributed by atoms with E-state index in [1.54, 1.807) is 18.2 Å². The van der Waals surface area contributed by atoms with Gasteiger partial charge in [0.2, 0.25) is 0 Å². The van der Waals surface area contributed by atoms with Crippen LogP contribution in [0.5, 0.6) is 0 Å². The molecule has 1 aromatic rings. The Bertz CT molecular complexity index is 590. The molecule has 0 amide bonds. The summed E-state index contributed by atoms with van der Waals surface area (Å²) in [5, 5.41) is 12.1. The molecule has 0 aromatic heterocycles. The number of rotatable bonds is 2. The van der Waals surface area contributed by atoms with E-state index >= 15 is 0 Å². The third kappa shape index (κ3) is 2.93. The van der Waals surface area contributed by atoms with Crippen molar-refractivity contribution in [2.75, 3.05) is 22.6 Å². The molecule has 0 saturated carbocycles. The summed E-state index contributed by atoms with van der Waals surface area (Å²) in [4.78, 5) is 0. The highest BCUT2D eigenvalue weighted by Gasteiger charge is 2.24. The van der Waals surface area contributed by atoms with E-state index in [9.17, 15) is 8.42 Å². The highest BCUT2D eigenvalue weighted by atomic mass is 32.2. The van der Waals surface area contributed by atoms with Crippen molar-refractivity contribution >= 4 is 21.2 Å². The van der Waals surface area contributed by atoms with Gasteiger partial charge in [-0.05, 0) is 31.0 Å². The first-order valence-electron chi connectivity index (χ1n) is 5.77. The lowest BCUT2D eigenvalue weighted by atomic mass is 10.1. The first kappa shape index (κ1) is 12.7. The maximum atomic E-state index is 11.5. The van der Waals surface area contributed by atoms with Gasteiger partial charge < -0.3 is 11.1 Å². The molecule has 3 N–H and O–H groups in total.